The van der Waals surface area contributed by atoms with Crippen LogP contribution in [0.5, 0.6) is 0 Å². The second-order valence-electron chi connectivity index (χ2n) is 5.62. The van der Waals surface area contributed by atoms with E-state index >= 15 is 0 Å². The Balaban J connectivity index is 1.80. The van der Waals surface area contributed by atoms with Crippen LogP contribution in [0.1, 0.15) is 28.3 Å². The van der Waals surface area contributed by atoms with Crippen molar-refractivity contribution in [1.82, 2.24) is 10.3 Å². The fourth-order valence-corrected chi connectivity index (χ4v) is 3.21. The van der Waals surface area contributed by atoms with E-state index in [0.29, 0.717) is 12.2 Å². The van der Waals surface area contributed by atoms with Gasteiger partial charge in [0, 0.05) is 12.0 Å². The van der Waals surface area contributed by atoms with Gasteiger partial charge in [-0.3, -0.25) is 4.79 Å². The van der Waals surface area contributed by atoms with E-state index in [4.69, 9.17) is 0 Å². The minimum Gasteiger partial charge on any atom is -0.396 e. The van der Waals surface area contributed by atoms with Gasteiger partial charge in [-0.05, 0) is 25.3 Å². The van der Waals surface area contributed by atoms with E-state index in [1.165, 1.54) is 11.3 Å². The largest absolute Gasteiger partial charge is 0.396 e. The molecule has 1 saturated carbocycles. The number of hydrogen-bond donors (Lipinski definition) is 2. The lowest BCUT2D eigenvalue weighted by Gasteiger charge is -2.12. The van der Waals surface area contributed by atoms with Gasteiger partial charge >= 0.3 is 0 Å². The molecule has 21 heavy (non-hydrogen) atoms. The molecule has 1 aliphatic rings. The smallest absolute Gasteiger partial charge is 0.271 e. The number of nitrogens with zero attached hydrogens (tertiary/aromatic N) is 1. The number of aromatic nitrogens is 1. The lowest BCUT2D eigenvalue weighted by Crippen LogP contribution is -2.32. The number of nitrogens with one attached hydrogen (secondary N) is 1. The third-order valence-electron chi connectivity index (χ3n) is 3.90. The van der Waals surface area contributed by atoms with Gasteiger partial charge in [-0.2, -0.15) is 0 Å². The Morgan fingerprint density at radius 2 is 2.10 bits per heavy atom. The highest BCUT2D eigenvalue weighted by molar-refractivity contribution is 7.15. The Kier molecular flexibility index (Phi) is 3.78. The first-order chi connectivity index (χ1) is 10.1. The van der Waals surface area contributed by atoms with Crippen LogP contribution in [0.25, 0.3) is 10.4 Å². The molecule has 1 aromatic carbocycles. The summed E-state index contributed by atoms with van der Waals surface area (Å²) >= 11 is 1.53. The van der Waals surface area contributed by atoms with Crippen LogP contribution in [0.4, 0.5) is 0 Å². The molecule has 0 bridgehead atoms. The zero-order chi connectivity index (χ0) is 14.9. The number of thiazole rings is 1. The molecule has 0 spiro atoms. The standard InChI is InChI=1S/C16H18N2O2S/c1-11-18-13(14(21-11)12-5-3-2-4-6-12)15(20)17-9-16(10-19)7-8-16/h2-6,19H,7-10H2,1H3,(H,17,20). The molecular weight excluding hydrogens is 284 g/mol. The van der Waals surface area contributed by atoms with E-state index in [2.05, 4.69) is 10.3 Å². The van der Waals surface area contributed by atoms with Gasteiger partial charge in [0.15, 0.2) is 0 Å². The molecule has 3 rings (SSSR count). The summed E-state index contributed by atoms with van der Waals surface area (Å²) < 4.78 is 0. The lowest BCUT2D eigenvalue weighted by atomic mass is 10.1. The number of benzene rings is 1. The zero-order valence-electron chi connectivity index (χ0n) is 11.9. The Labute approximate surface area is 127 Å². The number of aliphatic hydroxyl groups is 1. The molecule has 1 heterocycles. The first kappa shape index (κ1) is 14.2. The molecule has 1 fully saturated rings. The average Bonchev–Trinajstić information content (AvgIpc) is 3.20. The number of amides is 1. The summed E-state index contributed by atoms with van der Waals surface area (Å²) in [6, 6.07) is 9.84. The Morgan fingerprint density at radius 1 is 1.38 bits per heavy atom. The van der Waals surface area contributed by atoms with Gasteiger partial charge in [0.25, 0.3) is 5.91 Å². The predicted octanol–water partition coefficient (Wildman–Crippen LogP) is 2.62. The minimum atomic E-state index is -0.155. The van der Waals surface area contributed by atoms with Crippen molar-refractivity contribution in [3.8, 4) is 10.4 Å². The maximum Gasteiger partial charge on any atom is 0.271 e. The van der Waals surface area contributed by atoms with Gasteiger partial charge in [-0.25, -0.2) is 4.98 Å². The van der Waals surface area contributed by atoms with Gasteiger partial charge in [-0.1, -0.05) is 30.3 Å². The average molecular weight is 302 g/mol. The van der Waals surface area contributed by atoms with Crippen LogP contribution in [0.15, 0.2) is 30.3 Å². The summed E-state index contributed by atoms with van der Waals surface area (Å²) in [6.45, 7) is 2.56. The van der Waals surface area contributed by atoms with Crippen molar-refractivity contribution in [2.24, 2.45) is 5.41 Å². The highest BCUT2D eigenvalue weighted by Gasteiger charge is 2.42. The van der Waals surface area contributed by atoms with Crippen molar-refractivity contribution in [3.05, 3.63) is 41.0 Å². The number of aliphatic hydroxyl groups excluding tert-OH is 1. The van der Waals surface area contributed by atoms with Crippen molar-refractivity contribution in [1.29, 1.82) is 0 Å². The molecule has 0 unspecified atom stereocenters. The second kappa shape index (κ2) is 5.58. The summed E-state index contributed by atoms with van der Waals surface area (Å²) in [5.74, 6) is -0.155. The number of rotatable bonds is 5. The fraction of sp³-hybridized carbons (Fsp3) is 0.375. The van der Waals surface area contributed by atoms with Gasteiger partial charge in [0.2, 0.25) is 0 Å². The third-order valence-corrected chi connectivity index (χ3v) is 4.92. The number of carbonyl (C=O) groups is 1. The Morgan fingerprint density at radius 3 is 2.71 bits per heavy atom. The van der Waals surface area contributed by atoms with Crippen LogP contribution >= 0.6 is 11.3 Å². The van der Waals surface area contributed by atoms with Crippen molar-refractivity contribution in [2.75, 3.05) is 13.2 Å². The Hall–Kier alpha value is -1.72. The number of carbonyl (C=O) groups excluding carboxylic acids is 1. The van der Waals surface area contributed by atoms with E-state index in [0.717, 1.165) is 28.3 Å². The molecule has 0 radical (unpaired) electrons. The minimum absolute atomic E-state index is 0.0896. The van der Waals surface area contributed by atoms with Crippen molar-refractivity contribution < 1.29 is 9.90 Å². The number of hydrogen-bond acceptors (Lipinski definition) is 4. The summed E-state index contributed by atoms with van der Waals surface area (Å²) in [7, 11) is 0. The van der Waals surface area contributed by atoms with Crippen LogP contribution in [-0.4, -0.2) is 29.1 Å². The normalized spacial score (nSPS) is 15.7. The third kappa shape index (κ3) is 2.99. The van der Waals surface area contributed by atoms with Crippen LogP contribution in [-0.2, 0) is 0 Å². The molecule has 5 heteroatoms. The van der Waals surface area contributed by atoms with E-state index < -0.39 is 0 Å². The van der Waals surface area contributed by atoms with E-state index in [9.17, 15) is 9.90 Å². The molecule has 1 amide bonds. The van der Waals surface area contributed by atoms with E-state index in [1.807, 2.05) is 37.3 Å². The highest BCUT2D eigenvalue weighted by atomic mass is 32.1. The van der Waals surface area contributed by atoms with Gasteiger partial charge in [-0.15, -0.1) is 11.3 Å². The molecular formula is C16H18N2O2S. The van der Waals surface area contributed by atoms with Gasteiger partial charge in [0.05, 0.1) is 16.5 Å². The molecule has 0 saturated heterocycles. The Bertz CT molecular complexity index is 648. The highest BCUT2D eigenvalue weighted by Crippen LogP contribution is 2.44. The van der Waals surface area contributed by atoms with E-state index in [-0.39, 0.29) is 17.9 Å². The summed E-state index contributed by atoms with van der Waals surface area (Å²) in [5.41, 5.74) is 1.40. The zero-order valence-corrected chi connectivity index (χ0v) is 12.7. The maximum absolute atomic E-state index is 12.4. The lowest BCUT2D eigenvalue weighted by molar-refractivity contribution is 0.0931. The number of aryl methyl sites for hydroxylation is 1. The van der Waals surface area contributed by atoms with Gasteiger partial charge in [0.1, 0.15) is 5.69 Å². The topological polar surface area (TPSA) is 62.2 Å². The van der Waals surface area contributed by atoms with Gasteiger partial charge < -0.3 is 10.4 Å². The summed E-state index contributed by atoms with van der Waals surface area (Å²) in [5, 5.41) is 13.1. The van der Waals surface area contributed by atoms with Crippen LogP contribution < -0.4 is 5.32 Å². The molecule has 0 atom stereocenters. The maximum atomic E-state index is 12.4. The monoisotopic (exact) mass is 302 g/mol. The molecule has 1 aromatic heterocycles. The molecule has 0 aliphatic heterocycles. The quantitative estimate of drug-likeness (QED) is 0.892. The van der Waals surface area contributed by atoms with Crippen molar-refractivity contribution >= 4 is 17.2 Å². The predicted molar refractivity (Wildman–Crippen MR) is 83.4 cm³/mol. The molecule has 2 aromatic rings. The van der Waals surface area contributed by atoms with Crippen molar-refractivity contribution in [3.63, 3.8) is 0 Å². The van der Waals surface area contributed by atoms with Crippen LogP contribution in [0, 0.1) is 12.3 Å². The first-order valence-electron chi connectivity index (χ1n) is 7.05. The molecule has 4 nitrogen and oxygen atoms in total. The summed E-state index contributed by atoms with van der Waals surface area (Å²) in [4.78, 5) is 17.7. The molecule has 2 N–H and O–H groups in total. The van der Waals surface area contributed by atoms with Crippen LogP contribution in [0.3, 0.4) is 0 Å². The van der Waals surface area contributed by atoms with Crippen molar-refractivity contribution in [2.45, 2.75) is 19.8 Å². The second-order valence-corrected chi connectivity index (χ2v) is 6.82. The molecule has 110 valence electrons. The first-order valence-corrected chi connectivity index (χ1v) is 7.87. The summed E-state index contributed by atoms with van der Waals surface area (Å²) in [6.07, 6.45) is 1.96. The fourth-order valence-electron chi connectivity index (χ4n) is 2.29. The SMILES string of the molecule is Cc1nc(C(=O)NCC2(CO)CC2)c(-c2ccccc2)s1. The molecule has 1 aliphatic carbocycles. The van der Waals surface area contributed by atoms with Crippen LogP contribution in [0.2, 0.25) is 0 Å². The van der Waals surface area contributed by atoms with E-state index in [1.54, 1.807) is 0 Å².